The number of aliphatic hydroxyl groups excluding tert-OH is 1. The van der Waals surface area contributed by atoms with Crippen LogP contribution in [0.1, 0.15) is 12.8 Å². The van der Waals surface area contributed by atoms with Crippen LogP contribution in [0.4, 0.5) is 5.95 Å². The second-order valence-electron chi connectivity index (χ2n) is 4.09. The molecule has 1 atom stereocenters. The van der Waals surface area contributed by atoms with Crippen LogP contribution in [-0.2, 0) is 10.0 Å². The highest BCUT2D eigenvalue weighted by Gasteiger charge is 2.35. The Labute approximate surface area is 106 Å². The van der Waals surface area contributed by atoms with E-state index in [2.05, 4.69) is 15.3 Å². The molecule has 0 spiro atoms. The molecule has 0 amide bonds. The fourth-order valence-corrected chi connectivity index (χ4v) is 3.60. The lowest BCUT2D eigenvalue weighted by Gasteiger charge is -2.21. The Morgan fingerprint density at radius 1 is 1.50 bits per heavy atom. The fourth-order valence-electron chi connectivity index (χ4n) is 2.02. The Hall–Kier alpha value is -1.25. The van der Waals surface area contributed by atoms with Gasteiger partial charge in [-0.25, -0.2) is 18.4 Å². The van der Waals surface area contributed by atoms with E-state index < -0.39 is 10.0 Å². The molecule has 1 aromatic heterocycles. The van der Waals surface area contributed by atoms with E-state index in [9.17, 15) is 13.5 Å². The Morgan fingerprint density at radius 2 is 2.17 bits per heavy atom. The van der Waals surface area contributed by atoms with Crippen LogP contribution < -0.4 is 5.32 Å². The molecule has 1 saturated heterocycles. The summed E-state index contributed by atoms with van der Waals surface area (Å²) < 4.78 is 26.0. The van der Waals surface area contributed by atoms with Crippen molar-refractivity contribution in [1.82, 2.24) is 14.3 Å². The molecule has 1 aliphatic heterocycles. The van der Waals surface area contributed by atoms with E-state index in [4.69, 9.17) is 0 Å². The minimum Gasteiger partial charge on any atom is -0.395 e. The molecule has 0 bridgehead atoms. The van der Waals surface area contributed by atoms with E-state index in [1.165, 1.54) is 16.7 Å². The van der Waals surface area contributed by atoms with Crippen molar-refractivity contribution in [2.75, 3.05) is 25.5 Å². The van der Waals surface area contributed by atoms with Crippen LogP contribution in [0.15, 0.2) is 17.3 Å². The Morgan fingerprint density at radius 3 is 2.72 bits per heavy atom. The maximum Gasteiger partial charge on any atom is 0.246 e. The van der Waals surface area contributed by atoms with Crippen molar-refractivity contribution in [3.8, 4) is 0 Å². The molecule has 0 aromatic carbocycles. The van der Waals surface area contributed by atoms with Gasteiger partial charge in [-0.15, -0.1) is 0 Å². The summed E-state index contributed by atoms with van der Waals surface area (Å²) in [4.78, 5) is 7.85. The molecule has 7 nitrogen and oxygen atoms in total. The lowest BCUT2D eigenvalue weighted by Crippen LogP contribution is -2.37. The smallest absolute Gasteiger partial charge is 0.246 e. The molecule has 1 aliphatic rings. The fraction of sp³-hybridized carbons (Fsp3) is 0.600. The predicted octanol–water partition coefficient (Wildman–Crippen LogP) is -0.336. The quantitative estimate of drug-likeness (QED) is 0.779. The van der Waals surface area contributed by atoms with E-state index in [-0.39, 0.29) is 17.5 Å². The third kappa shape index (κ3) is 2.31. The first-order valence-corrected chi connectivity index (χ1v) is 7.16. The molecule has 1 aromatic rings. The minimum absolute atomic E-state index is 0.0573. The van der Waals surface area contributed by atoms with Crippen molar-refractivity contribution in [1.29, 1.82) is 0 Å². The van der Waals surface area contributed by atoms with Crippen LogP contribution in [0, 0.1) is 0 Å². The molecule has 1 fully saturated rings. The normalized spacial score (nSPS) is 21.1. The number of hydrogen-bond acceptors (Lipinski definition) is 6. The summed E-state index contributed by atoms with van der Waals surface area (Å²) in [7, 11) is -1.95. The van der Waals surface area contributed by atoms with Crippen LogP contribution in [0.2, 0.25) is 0 Å². The van der Waals surface area contributed by atoms with E-state index in [1.807, 2.05) is 0 Å². The molecule has 18 heavy (non-hydrogen) atoms. The number of rotatable bonds is 4. The average Bonchev–Trinajstić information content (AvgIpc) is 2.88. The molecule has 0 saturated carbocycles. The molecule has 8 heteroatoms. The van der Waals surface area contributed by atoms with Crippen molar-refractivity contribution in [3.63, 3.8) is 0 Å². The van der Waals surface area contributed by atoms with E-state index in [1.54, 1.807) is 7.05 Å². The molecule has 2 heterocycles. The van der Waals surface area contributed by atoms with Crippen LogP contribution in [0.5, 0.6) is 0 Å². The topological polar surface area (TPSA) is 95.4 Å². The van der Waals surface area contributed by atoms with E-state index in [0.29, 0.717) is 18.9 Å². The Balaban J connectivity index is 2.29. The second-order valence-corrected chi connectivity index (χ2v) is 5.98. The van der Waals surface area contributed by atoms with Gasteiger partial charge < -0.3 is 10.4 Å². The molecular weight excluding hydrogens is 256 g/mol. The number of aromatic nitrogens is 2. The summed E-state index contributed by atoms with van der Waals surface area (Å²) in [6.45, 7) is 0.274. The molecule has 1 unspecified atom stereocenters. The lowest BCUT2D eigenvalue weighted by atomic mass is 10.2. The monoisotopic (exact) mass is 272 g/mol. The van der Waals surface area contributed by atoms with Crippen molar-refractivity contribution in [2.24, 2.45) is 0 Å². The Kier molecular flexibility index (Phi) is 3.79. The van der Waals surface area contributed by atoms with Crippen molar-refractivity contribution >= 4 is 16.0 Å². The highest BCUT2D eigenvalue weighted by atomic mass is 32.2. The van der Waals surface area contributed by atoms with Gasteiger partial charge in [0.1, 0.15) is 4.90 Å². The summed E-state index contributed by atoms with van der Waals surface area (Å²) in [6.07, 6.45) is 4.01. The van der Waals surface area contributed by atoms with Crippen LogP contribution in [0.25, 0.3) is 0 Å². The summed E-state index contributed by atoms with van der Waals surface area (Å²) in [5, 5.41) is 11.9. The first-order chi connectivity index (χ1) is 8.59. The van der Waals surface area contributed by atoms with Gasteiger partial charge in [0.15, 0.2) is 0 Å². The number of nitrogens with zero attached hydrogens (tertiary/aromatic N) is 3. The number of aliphatic hydroxyl groups is 1. The summed E-state index contributed by atoms with van der Waals surface area (Å²) >= 11 is 0. The van der Waals surface area contributed by atoms with Gasteiger partial charge in [0, 0.05) is 19.6 Å². The van der Waals surface area contributed by atoms with Crippen molar-refractivity contribution in [2.45, 2.75) is 23.8 Å². The highest BCUT2D eigenvalue weighted by Crippen LogP contribution is 2.25. The number of anilines is 1. The van der Waals surface area contributed by atoms with Gasteiger partial charge in [-0.05, 0) is 12.8 Å². The van der Waals surface area contributed by atoms with Gasteiger partial charge in [0.25, 0.3) is 0 Å². The standard InChI is InChI=1S/C10H16N4O3S/c1-11-10-12-5-9(6-13-10)18(16,17)14-4-2-3-8(14)7-15/h5-6,8,15H,2-4,7H2,1H3,(H,11,12,13). The van der Waals surface area contributed by atoms with E-state index >= 15 is 0 Å². The van der Waals surface area contributed by atoms with Crippen molar-refractivity contribution in [3.05, 3.63) is 12.4 Å². The van der Waals surface area contributed by atoms with Crippen LogP contribution in [-0.4, -0.2) is 54.0 Å². The molecular formula is C10H16N4O3S. The largest absolute Gasteiger partial charge is 0.395 e. The van der Waals surface area contributed by atoms with Crippen molar-refractivity contribution < 1.29 is 13.5 Å². The summed E-state index contributed by atoms with van der Waals surface area (Å²) in [6, 6.07) is -0.334. The first-order valence-electron chi connectivity index (χ1n) is 5.72. The third-order valence-electron chi connectivity index (χ3n) is 2.99. The third-order valence-corrected chi connectivity index (χ3v) is 4.90. The Bertz CT molecular complexity index is 502. The maximum absolute atomic E-state index is 12.3. The van der Waals surface area contributed by atoms with Gasteiger partial charge in [-0.3, -0.25) is 0 Å². The number of nitrogens with one attached hydrogen (secondary N) is 1. The highest BCUT2D eigenvalue weighted by molar-refractivity contribution is 7.89. The zero-order valence-electron chi connectivity index (χ0n) is 10.1. The maximum atomic E-state index is 12.3. The zero-order valence-corrected chi connectivity index (χ0v) is 10.9. The average molecular weight is 272 g/mol. The molecule has 2 rings (SSSR count). The summed E-state index contributed by atoms with van der Waals surface area (Å²) in [5.74, 6) is 0.370. The molecule has 0 radical (unpaired) electrons. The first kappa shape index (κ1) is 13.2. The molecule has 0 aliphatic carbocycles. The lowest BCUT2D eigenvalue weighted by molar-refractivity contribution is 0.213. The molecule has 100 valence electrons. The van der Waals surface area contributed by atoms with Gasteiger partial charge in [-0.2, -0.15) is 4.31 Å². The van der Waals surface area contributed by atoms with E-state index in [0.717, 1.165) is 6.42 Å². The van der Waals surface area contributed by atoms with Crippen LogP contribution >= 0.6 is 0 Å². The number of hydrogen-bond donors (Lipinski definition) is 2. The minimum atomic E-state index is -3.60. The zero-order chi connectivity index (χ0) is 13.2. The van der Waals surface area contributed by atoms with Crippen LogP contribution in [0.3, 0.4) is 0 Å². The van der Waals surface area contributed by atoms with Gasteiger partial charge >= 0.3 is 0 Å². The molecule has 2 N–H and O–H groups in total. The second kappa shape index (κ2) is 5.17. The number of sulfonamides is 1. The predicted molar refractivity (Wildman–Crippen MR) is 65.6 cm³/mol. The summed E-state index contributed by atoms with van der Waals surface area (Å²) in [5.41, 5.74) is 0. The van der Waals surface area contributed by atoms with Gasteiger partial charge in [0.2, 0.25) is 16.0 Å². The van der Waals surface area contributed by atoms with Gasteiger partial charge in [0.05, 0.1) is 19.0 Å². The van der Waals surface area contributed by atoms with Gasteiger partial charge in [-0.1, -0.05) is 0 Å². The SMILES string of the molecule is CNc1ncc(S(=O)(=O)N2CCCC2CO)cn1.